The molecule has 2 aliphatic rings. The van der Waals surface area contributed by atoms with E-state index in [0.29, 0.717) is 12.5 Å². The maximum atomic E-state index is 11.6. The molecular formula is C15H23N3O4. The predicted octanol–water partition coefficient (Wildman–Crippen LogP) is 0.524. The van der Waals surface area contributed by atoms with Crippen LogP contribution in [0, 0.1) is 17.2 Å². The first-order valence-electron chi connectivity index (χ1n) is 7.29. The summed E-state index contributed by atoms with van der Waals surface area (Å²) in [6, 6.07) is 0. The number of hydrogen-bond donors (Lipinski definition) is 3. The summed E-state index contributed by atoms with van der Waals surface area (Å²) in [5, 5.41) is 11.2. The minimum absolute atomic E-state index is 0.0310. The molecule has 2 unspecified atom stereocenters. The summed E-state index contributed by atoms with van der Waals surface area (Å²) in [6.07, 6.45) is 0.735. The molecule has 1 saturated carbocycles. The Kier molecular flexibility index (Phi) is 5.20. The van der Waals surface area contributed by atoms with Crippen molar-refractivity contribution in [1.29, 1.82) is 5.41 Å². The van der Waals surface area contributed by atoms with Crippen LogP contribution in [-0.2, 0) is 19.0 Å². The van der Waals surface area contributed by atoms with E-state index in [1.807, 2.05) is 0 Å². The normalized spacial score (nSPS) is 25.6. The van der Waals surface area contributed by atoms with Crippen LogP contribution in [-0.4, -0.2) is 44.8 Å². The molecule has 0 radical (unpaired) electrons. The Balaban J connectivity index is 2.16. The van der Waals surface area contributed by atoms with E-state index in [9.17, 15) is 4.79 Å². The van der Waals surface area contributed by atoms with Crippen LogP contribution in [0.4, 0.5) is 0 Å². The molecule has 0 bridgehead atoms. The van der Waals surface area contributed by atoms with E-state index in [1.54, 1.807) is 14.0 Å². The lowest BCUT2D eigenvalue weighted by molar-refractivity contribution is -0.141. The molecule has 0 saturated heterocycles. The molecule has 0 aliphatic heterocycles. The highest BCUT2D eigenvalue weighted by atomic mass is 16.7. The zero-order valence-electron chi connectivity index (χ0n) is 13.0. The molecule has 2 rings (SSSR count). The van der Waals surface area contributed by atoms with Gasteiger partial charge in [-0.2, -0.15) is 0 Å². The molecule has 0 aromatic heterocycles. The van der Waals surface area contributed by atoms with Crippen molar-refractivity contribution in [1.82, 2.24) is 5.32 Å². The van der Waals surface area contributed by atoms with E-state index in [0.717, 1.165) is 17.7 Å². The average Bonchev–Trinajstić information content (AvgIpc) is 3.19. The van der Waals surface area contributed by atoms with Gasteiger partial charge in [0.15, 0.2) is 0 Å². The second-order valence-electron chi connectivity index (χ2n) is 5.39. The number of ether oxygens (including phenoxy) is 3. The minimum atomic E-state index is -0.349. The molecule has 122 valence electrons. The number of esters is 1. The highest BCUT2D eigenvalue weighted by Gasteiger charge is 2.55. The van der Waals surface area contributed by atoms with Crippen LogP contribution >= 0.6 is 0 Å². The topological polar surface area (TPSA) is 107 Å². The molecular weight excluding hydrogens is 286 g/mol. The van der Waals surface area contributed by atoms with Gasteiger partial charge in [-0.15, -0.1) is 0 Å². The third-order valence-corrected chi connectivity index (χ3v) is 3.86. The first-order valence-corrected chi connectivity index (χ1v) is 7.29. The van der Waals surface area contributed by atoms with Crippen molar-refractivity contribution in [2.75, 3.05) is 27.1 Å². The summed E-state index contributed by atoms with van der Waals surface area (Å²) in [7, 11) is 1.56. The van der Waals surface area contributed by atoms with Gasteiger partial charge in [-0.05, 0) is 25.2 Å². The molecule has 1 fully saturated rings. The zero-order valence-corrected chi connectivity index (χ0v) is 13.0. The van der Waals surface area contributed by atoms with Crippen molar-refractivity contribution in [3.63, 3.8) is 0 Å². The Morgan fingerprint density at radius 3 is 2.86 bits per heavy atom. The lowest BCUT2D eigenvalue weighted by Crippen LogP contribution is -2.33. The van der Waals surface area contributed by atoms with Gasteiger partial charge in [-0.3, -0.25) is 10.2 Å². The van der Waals surface area contributed by atoms with Crippen molar-refractivity contribution in [3.8, 4) is 0 Å². The molecule has 0 spiro atoms. The van der Waals surface area contributed by atoms with E-state index in [2.05, 4.69) is 11.9 Å². The van der Waals surface area contributed by atoms with Gasteiger partial charge in [-0.1, -0.05) is 6.58 Å². The maximum Gasteiger partial charge on any atom is 0.325 e. The van der Waals surface area contributed by atoms with Gasteiger partial charge >= 0.3 is 5.97 Å². The number of rotatable bonds is 9. The number of carbonyl (C=O) groups excluding carboxylic acids is 1. The molecule has 22 heavy (non-hydrogen) atoms. The number of methoxy groups -OCH3 is 1. The van der Waals surface area contributed by atoms with Crippen molar-refractivity contribution < 1.29 is 19.0 Å². The van der Waals surface area contributed by atoms with E-state index in [4.69, 9.17) is 25.4 Å². The number of allylic oxidation sites excluding steroid dienone is 1. The summed E-state index contributed by atoms with van der Waals surface area (Å²) < 4.78 is 15.6. The first-order chi connectivity index (χ1) is 10.5. The molecule has 3 atom stereocenters. The predicted molar refractivity (Wildman–Crippen MR) is 81.1 cm³/mol. The Bertz CT molecular complexity index is 515. The SMILES string of the molecule is C=C(N)C(=N)C1=C(NCC(=O)OCC)C(OCOC)C2C[C@H]12. The van der Waals surface area contributed by atoms with Crippen LogP contribution < -0.4 is 11.1 Å². The van der Waals surface area contributed by atoms with Crippen molar-refractivity contribution in [2.24, 2.45) is 17.6 Å². The summed E-state index contributed by atoms with van der Waals surface area (Å²) in [4.78, 5) is 11.6. The Labute approximate surface area is 130 Å². The monoisotopic (exact) mass is 309 g/mol. The fraction of sp³-hybridized carbons (Fsp3) is 0.600. The molecule has 0 aromatic carbocycles. The molecule has 0 heterocycles. The van der Waals surface area contributed by atoms with Gasteiger partial charge in [0.1, 0.15) is 19.4 Å². The van der Waals surface area contributed by atoms with Gasteiger partial charge in [0.25, 0.3) is 0 Å². The van der Waals surface area contributed by atoms with Crippen molar-refractivity contribution in [2.45, 2.75) is 19.4 Å². The highest BCUT2D eigenvalue weighted by Crippen LogP contribution is 2.56. The lowest BCUT2D eigenvalue weighted by Gasteiger charge is -2.21. The second-order valence-corrected chi connectivity index (χ2v) is 5.39. The van der Waals surface area contributed by atoms with E-state index in [1.165, 1.54) is 0 Å². The summed E-state index contributed by atoms with van der Waals surface area (Å²) >= 11 is 0. The summed E-state index contributed by atoms with van der Waals surface area (Å²) in [6.45, 7) is 5.91. The average molecular weight is 309 g/mol. The molecule has 2 aliphatic carbocycles. The quantitative estimate of drug-likeness (QED) is 0.326. The van der Waals surface area contributed by atoms with Crippen molar-refractivity contribution in [3.05, 3.63) is 23.5 Å². The second kappa shape index (κ2) is 6.93. The molecule has 0 amide bonds. The molecule has 4 N–H and O–H groups in total. The van der Waals surface area contributed by atoms with Crippen LogP contribution in [0.5, 0.6) is 0 Å². The van der Waals surface area contributed by atoms with E-state index < -0.39 is 0 Å². The Morgan fingerprint density at radius 2 is 2.27 bits per heavy atom. The molecule has 0 aromatic rings. The van der Waals surface area contributed by atoms with Crippen LogP contribution in [0.25, 0.3) is 0 Å². The number of hydrogen-bond acceptors (Lipinski definition) is 7. The van der Waals surface area contributed by atoms with Gasteiger partial charge in [-0.25, -0.2) is 0 Å². The Hall–Kier alpha value is -1.86. The lowest BCUT2D eigenvalue weighted by atomic mass is 10.0. The zero-order chi connectivity index (χ0) is 16.3. The largest absolute Gasteiger partial charge is 0.465 e. The smallest absolute Gasteiger partial charge is 0.325 e. The van der Waals surface area contributed by atoms with Gasteiger partial charge < -0.3 is 25.3 Å². The Morgan fingerprint density at radius 1 is 1.55 bits per heavy atom. The minimum Gasteiger partial charge on any atom is -0.465 e. The highest BCUT2D eigenvalue weighted by molar-refractivity contribution is 6.11. The first kappa shape index (κ1) is 16.5. The van der Waals surface area contributed by atoms with Crippen LogP contribution in [0.3, 0.4) is 0 Å². The fourth-order valence-electron chi connectivity index (χ4n) is 2.86. The number of nitrogens with two attached hydrogens (primary N) is 1. The third kappa shape index (κ3) is 3.31. The van der Waals surface area contributed by atoms with E-state index >= 15 is 0 Å². The number of nitrogens with one attached hydrogen (secondary N) is 2. The number of carbonyl (C=O) groups is 1. The fourth-order valence-corrected chi connectivity index (χ4v) is 2.86. The van der Waals surface area contributed by atoms with E-state index in [-0.39, 0.29) is 42.7 Å². The van der Waals surface area contributed by atoms with Crippen molar-refractivity contribution >= 4 is 11.7 Å². The maximum absolute atomic E-state index is 11.6. The summed E-state index contributed by atoms with van der Waals surface area (Å²) in [5.41, 5.74) is 7.61. The van der Waals surface area contributed by atoms with Gasteiger partial charge in [0, 0.05) is 24.1 Å². The van der Waals surface area contributed by atoms with Crippen LogP contribution in [0.15, 0.2) is 23.5 Å². The standard InChI is InChI=1S/C15H23N3O4/c1-4-21-11(19)6-18-14-12(13(17)8(2)16)9-5-10(9)15(14)22-7-20-3/h9-10,15,17-18H,2,4-7,16H2,1,3H3/t9-,10?,15?/m0/s1. The molecule has 7 nitrogen and oxygen atoms in total. The van der Waals surface area contributed by atoms with Gasteiger partial charge in [0.2, 0.25) is 0 Å². The third-order valence-electron chi connectivity index (χ3n) is 3.86. The molecule has 7 heteroatoms. The number of fused-ring (bicyclic) bond motifs is 1. The van der Waals surface area contributed by atoms with Crippen LogP contribution in [0.2, 0.25) is 0 Å². The summed E-state index contributed by atoms with van der Waals surface area (Å²) in [5.74, 6) is 0.187. The van der Waals surface area contributed by atoms with Gasteiger partial charge in [0.05, 0.1) is 12.3 Å². The van der Waals surface area contributed by atoms with Crippen LogP contribution in [0.1, 0.15) is 13.3 Å².